The van der Waals surface area contributed by atoms with Crippen LogP contribution in [0.25, 0.3) is 22.3 Å². The molecule has 5 rings (SSSR count). The standard InChI is InChI=1S/C35H28F8O/c1-2-3-4-20-5-7-21(8-6-20)22-9-12-27(29(37)15-22)24-17-32(40)34(33(41)18-24)35(42,43)44-25-11-13-26(30(38)19-25)23-10-14-28(36)31(39)16-23/h3-4,9-21H,2,5-8H2,1H3. The first-order valence-electron chi connectivity index (χ1n) is 14.2. The molecule has 4 aromatic rings. The van der Waals surface area contributed by atoms with Crippen LogP contribution in [0.2, 0.25) is 0 Å². The lowest BCUT2D eigenvalue weighted by molar-refractivity contribution is -0.189. The van der Waals surface area contributed by atoms with Gasteiger partial charge >= 0.3 is 6.11 Å². The highest BCUT2D eigenvalue weighted by Crippen LogP contribution is 2.40. The molecule has 0 heterocycles. The maximum Gasteiger partial charge on any atom is 0.432 e. The Morgan fingerprint density at radius 1 is 0.659 bits per heavy atom. The van der Waals surface area contributed by atoms with Crippen LogP contribution in [-0.4, -0.2) is 0 Å². The van der Waals surface area contributed by atoms with Crippen molar-refractivity contribution in [2.75, 3.05) is 0 Å². The summed E-state index contributed by atoms with van der Waals surface area (Å²) in [7, 11) is 0. The number of halogens is 8. The Hall–Kier alpha value is -4.14. The van der Waals surface area contributed by atoms with Gasteiger partial charge in [0.25, 0.3) is 0 Å². The van der Waals surface area contributed by atoms with Crippen LogP contribution < -0.4 is 4.74 Å². The lowest BCUT2D eigenvalue weighted by Gasteiger charge is -2.27. The van der Waals surface area contributed by atoms with Crippen molar-refractivity contribution >= 4 is 0 Å². The Balaban J connectivity index is 1.34. The molecular formula is C35H28F8O. The molecule has 0 bridgehead atoms. The van der Waals surface area contributed by atoms with Crippen LogP contribution in [0.1, 0.15) is 56.1 Å². The summed E-state index contributed by atoms with van der Waals surface area (Å²) in [6.07, 6.45) is 4.45. The van der Waals surface area contributed by atoms with E-state index in [1.807, 2.05) is 0 Å². The van der Waals surface area contributed by atoms with E-state index in [2.05, 4.69) is 23.8 Å². The van der Waals surface area contributed by atoms with Crippen LogP contribution in [0.3, 0.4) is 0 Å². The van der Waals surface area contributed by atoms with Gasteiger partial charge in [0.2, 0.25) is 0 Å². The van der Waals surface area contributed by atoms with E-state index in [0.29, 0.717) is 24.1 Å². The van der Waals surface area contributed by atoms with Gasteiger partial charge in [0.15, 0.2) is 11.6 Å². The molecule has 9 heteroatoms. The maximum absolute atomic E-state index is 15.2. The monoisotopic (exact) mass is 616 g/mol. The summed E-state index contributed by atoms with van der Waals surface area (Å²) in [4.78, 5) is 0. The summed E-state index contributed by atoms with van der Waals surface area (Å²) in [6.45, 7) is 2.07. The number of alkyl halides is 2. The molecule has 0 aliphatic heterocycles. The highest BCUT2D eigenvalue weighted by molar-refractivity contribution is 5.66. The van der Waals surface area contributed by atoms with Crippen LogP contribution in [0, 0.1) is 40.8 Å². The Morgan fingerprint density at radius 2 is 1.27 bits per heavy atom. The second kappa shape index (κ2) is 12.8. The SMILES string of the molecule is CCC=CC1CCC(c2ccc(-c3cc(F)c(C(F)(F)Oc4ccc(-c5ccc(F)c(F)c5)c(F)c4)c(F)c3)c(F)c2)CC1. The summed E-state index contributed by atoms with van der Waals surface area (Å²) in [5.41, 5.74) is -1.72. The number of hydrogen-bond donors (Lipinski definition) is 0. The molecule has 1 aliphatic carbocycles. The van der Waals surface area contributed by atoms with E-state index in [1.54, 1.807) is 6.07 Å². The van der Waals surface area contributed by atoms with Crippen molar-refractivity contribution in [3.8, 4) is 28.0 Å². The molecule has 0 atom stereocenters. The number of ether oxygens (including phenoxy) is 1. The van der Waals surface area contributed by atoms with E-state index < -0.39 is 52.3 Å². The molecule has 0 unspecified atom stereocenters. The van der Waals surface area contributed by atoms with Gasteiger partial charge in [-0.15, -0.1) is 0 Å². The Bertz CT molecular complexity index is 1670. The molecule has 1 nitrogen and oxygen atoms in total. The summed E-state index contributed by atoms with van der Waals surface area (Å²) >= 11 is 0. The fraction of sp³-hybridized carbons (Fsp3) is 0.257. The van der Waals surface area contributed by atoms with Crippen LogP contribution in [0.15, 0.2) is 78.9 Å². The zero-order chi connectivity index (χ0) is 31.6. The van der Waals surface area contributed by atoms with Gasteiger partial charge in [0.1, 0.15) is 34.6 Å². The van der Waals surface area contributed by atoms with E-state index in [0.717, 1.165) is 68.0 Å². The average Bonchev–Trinajstić information content (AvgIpc) is 2.97. The topological polar surface area (TPSA) is 9.23 Å². The Kier molecular flexibility index (Phi) is 9.13. The van der Waals surface area contributed by atoms with Gasteiger partial charge in [-0.05, 0) is 103 Å². The minimum absolute atomic E-state index is 0.0696. The van der Waals surface area contributed by atoms with Gasteiger partial charge in [-0.1, -0.05) is 37.3 Å². The van der Waals surface area contributed by atoms with E-state index >= 15 is 4.39 Å². The summed E-state index contributed by atoms with van der Waals surface area (Å²) in [5.74, 6) is -7.77. The largest absolute Gasteiger partial charge is 0.432 e. The van der Waals surface area contributed by atoms with Crippen molar-refractivity contribution in [3.63, 3.8) is 0 Å². The molecule has 0 amide bonds. The second-order valence-electron chi connectivity index (χ2n) is 10.9. The van der Waals surface area contributed by atoms with Crippen LogP contribution in [-0.2, 0) is 6.11 Å². The van der Waals surface area contributed by atoms with Gasteiger partial charge in [-0.2, -0.15) is 8.78 Å². The lowest BCUT2D eigenvalue weighted by atomic mass is 9.78. The number of rotatable bonds is 8. The molecule has 0 radical (unpaired) electrons. The molecule has 44 heavy (non-hydrogen) atoms. The first-order valence-corrected chi connectivity index (χ1v) is 14.2. The zero-order valence-corrected chi connectivity index (χ0v) is 23.6. The Morgan fingerprint density at radius 3 is 1.89 bits per heavy atom. The zero-order valence-electron chi connectivity index (χ0n) is 23.6. The normalized spacial score (nSPS) is 17.3. The second-order valence-corrected chi connectivity index (χ2v) is 10.9. The van der Waals surface area contributed by atoms with E-state index in [9.17, 15) is 30.7 Å². The van der Waals surface area contributed by atoms with Crippen LogP contribution >= 0.6 is 0 Å². The lowest BCUT2D eigenvalue weighted by Crippen LogP contribution is -2.25. The summed E-state index contributed by atoms with van der Waals surface area (Å²) < 4.78 is 121. The van der Waals surface area contributed by atoms with Crippen molar-refractivity contribution in [1.82, 2.24) is 0 Å². The molecule has 1 saturated carbocycles. The van der Waals surface area contributed by atoms with Crippen molar-refractivity contribution in [2.24, 2.45) is 5.92 Å². The van der Waals surface area contributed by atoms with Crippen LogP contribution in [0.5, 0.6) is 5.75 Å². The third-order valence-corrected chi connectivity index (χ3v) is 7.94. The van der Waals surface area contributed by atoms with Gasteiger partial charge in [-0.3, -0.25) is 0 Å². The first-order chi connectivity index (χ1) is 21.0. The molecule has 1 fully saturated rings. The molecule has 0 N–H and O–H groups in total. The van der Waals surface area contributed by atoms with Gasteiger partial charge in [-0.25, -0.2) is 26.3 Å². The maximum atomic E-state index is 15.2. The smallest absolute Gasteiger partial charge is 0.429 e. The van der Waals surface area contributed by atoms with E-state index in [1.165, 1.54) is 12.1 Å². The molecule has 0 saturated heterocycles. The third-order valence-electron chi connectivity index (χ3n) is 7.94. The summed E-state index contributed by atoms with van der Waals surface area (Å²) in [5, 5.41) is 0. The van der Waals surface area contributed by atoms with Crippen molar-refractivity contribution < 1.29 is 39.9 Å². The molecule has 0 aromatic heterocycles. The van der Waals surface area contributed by atoms with E-state index in [4.69, 9.17) is 0 Å². The predicted octanol–water partition coefficient (Wildman–Crippen LogP) is 11.2. The summed E-state index contributed by atoms with van der Waals surface area (Å²) in [6, 6.07) is 10.6. The van der Waals surface area contributed by atoms with Crippen molar-refractivity contribution in [2.45, 2.75) is 51.1 Å². The van der Waals surface area contributed by atoms with Crippen molar-refractivity contribution in [1.29, 1.82) is 0 Å². The molecule has 1 aliphatic rings. The number of benzene rings is 4. The highest BCUT2D eigenvalue weighted by Gasteiger charge is 2.41. The van der Waals surface area contributed by atoms with Crippen molar-refractivity contribution in [3.05, 3.63) is 125 Å². The Labute approximate surface area is 249 Å². The minimum atomic E-state index is -4.59. The third kappa shape index (κ3) is 6.66. The van der Waals surface area contributed by atoms with Gasteiger partial charge in [0.05, 0.1) is 0 Å². The minimum Gasteiger partial charge on any atom is -0.429 e. The molecule has 4 aromatic carbocycles. The highest BCUT2D eigenvalue weighted by atomic mass is 19.3. The number of hydrogen-bond acceptors (Lipinski definition) is 1. The average molecular weight is 617 g/mol. The molecular weight excluding hydrogens is 588 g/mol. The van der Waals surface area contributed by atoms with E-state index in [-0.39, 0.29) is 28.2 Å². The molecule has 0 spiro atoms. The van der Waals surface area contributed by atoms with Gasteiger partial charge < -0.3 is 4.74 Å². The fourth-order valence-electron chi connectivity index (χ4n) is 5.66. The van der Waals surface area contributed by atoms with Gasteiger partial charge in [0, 0.05) is 17.2 Å². The molecule has 230 valence electrons. The fourth-order valence-corrected chi connectivity index (χ4v) is 5.66. The quantitative estimate of drug-likeness (QED) is 0.141. The predicted molar refractivity (Wildman–Crippen MR) is 152 cm³/mol. The number of allylic oxidation sites excluding steroid dienone is 2. The van der Waals surface area contributed by atoms with Crippen LogP contribution in [0.4, 0.5) is 35.1 Å². The first kappa shape index (κ1) is 31.3.